The standard InChI is InChI=1S/C22H27N3O2/c1-15(2)12-13-25-19-11-7-6-10-17(19)20(22(25)27)18(14-23)21(26)24-16-8-4-3-5-9-16/h6-7,10-11,15-16H,3-5,8-9,12-13H2,1-2H3,(H,24,26). The summed E-state index contributed by atoms with van der Waals surface area (Å²) in [6, 6.07) is 9.53. The highest BCUT2D eigenvalue weighted by molar-refractivity contribution is 6.37. The molecule has 0 unspecified atom stereocenters. The fourth-order valence-corrected chi connectivity index (χ4v) is 3.86. The molecule has 1 aliphatic heterocycles. The number of nitriles is 1. The first-order chi connectivity index (χ1) is 13.0. The van der Waals surface area contributed by atoms with Crippen molar-refractivity contribution in [1.29, 1.82) is 5.26 Å². The maximum atomic E-state index is 13.1. The van der Waals surface area contributed by atoms with Crippen LogP contribution < -0.4 is 10.2 Å². The van der Waals surface area contributed by atoms with Gasteiger partial charge >= 0.3 is 0 Å². The zero-order valence-electron chi connectivity index (χ0n) is 16.1. The van der Waals surface area contributed by atoms with E-state index in [1.54, 1.807) is 4.90 Å². The van der Waals surface area contributed by atoms with Crippen molar-refractivity contribution in [3.05, 3.63) is 35.4 Å². The molecule has 5 nitrogen and oxygen atoms in total. The first-order valence-electron chi connectivity index (χ1n) is 9.89. The van der Waals surface area contributed by atoms with Crippen molar-refractivity contribution in [2.75, 3.05) is 11.4 Å². The third-order valence-electron chi connectivity index (χ3n) is 5.38. The van der Waals surface area contributed by atoms with Crippen molar-refractivity contribution < 1.29 is 9.59 Å². The van der Waals surface area contributed by atoms with E-state index in [1.165, 1.54) is 6.42 Å². The van der Waals surface area contributed by atoms with E-state index in [9.17, 15) is 14.9 Å². The van der Waals surface area contributed by atoms with Gasteiger partial charge in [0.25, 0.3) is 11.8 Å². The minimum Gasteiger partial charge on any atom is -0.349 e. The molecule has 1 heterocycles. The summed E-state index contributed by atoms with van der Waals surface area (Å²) in [6.45, 7) is 4.81. The lowest BCUT2D eigenvalue weighted by atomic mass is 9.94. The number of carbonyl (C=O) groups is 2. The van der Waals surface area contributed by atoms with Crippen molar-refractivity contribution in [1.82, 2.24) is 5.32 Å². The van der Waals surface area contributed by atoms with Crippen LogP contribution in [0.3, 0.4) is 0 Å². The number of nitrogens with one attached hydrogen (secondary N) is 1. The lowest BCUT2D eigenvalue weighted by Crippen LogP contribution is -2.37. The van der Waals surface area contributed by atoms with Gasteiger partial charge in [-0.3, -0.25) is 9.59 Å². The van der Waals surface area contributed by atoms with Gasteiger partial charge in [0.15, 0.2) is 0 Å². The molecule has 0 atom stereocenters. The summed E-state index contributed by atoms with van der Waals surface area (Å²) in [5.41, 5.74) is 1.65. The normalized spacial score (nSPS) is 19.0. The molecule has 2 amide bonds. The second-order valence-corrected chi connectivity index (χ2v) is 7.83. The molecule has 1 N–H and O–H groups in total. The number of carbonyl (C=O) groups excluding carboxylic acids is 2. The Morgan fingerprint density at radius 1 is 1.26 bits per heavy atom. The summed E-state index contributed by atoms with van der Waals surface area (Å²) in [4.78, 5) is 27.6. The molecule has 2 aliphatic rings. The van der Waals surface area contributed by atoms with Gasteiger partial charge in [-0.05, 0) is 31.2 Å². The summed E-state index contributed by atoms with van der Waals surface area (Å²) in [7, 11) is 0. The van der Waals surface area contributed by atoms with E-state index < -0.39 is 5.91 Å². The maximum absolute atomic E-state index is 13.1. The summed E-state index contributed by atoms with van der Waals surface area (Å²) in [5, 5.41) is 12.7. The lowest BCUT2D eigenvalue weighted by molar-refractivity contribution is -0.118. The fraction of sp³-hybridized carbons (Fsp3) is 0.500. The predicted octanol–water partition coefficient (Wildman–Crippen LogP) is 3.81. The molecule has 0 saturated heterocycles. The molecule has 1 aliphatic carbocycles. The Labute approximate surface area is 161 Å². The van der Waals surface area contributed by atoms with Gasteiger partial charge in [-0.2, -0.15) is 5.26 Å². The maximum Gasteiger partial charge on any atom is 0.263 e. The molecular formula is C22H27N3O2. The van der Waals surface area contributed by atoms with Crippen LogP contribution in [0.4, 0.5) is 5.69 Å². The van der Waals surface area contributed by atoms with E-state index in [0.717, 1.165) is 37.8 Å². The molecule has 3 rings (SSSR count). The number of nitrogens with zero attached hydrogens (tertiary/aromatic N) is 2. The summed E-state index contributed by atoms with van der Waals surface area (Å²) in [6.07, 6.45) is 6.11. The number of hydrogen-bond acceptors (Lipinski definition) is 3. The topological polar surface area (TPSA) is 73.2 Å². The molecule has 5 heteroatoms. The zero-order chi connectivity index (χ0) is 19.4. The van der Waals surface area contributed by atoms with Crippen molar-refractivity contribution in [3.8, 4) is 6.07 Å². The number of para-hydroxylation sites is 1. The molecule has 1 saturated carbocycles. The van der Waals surface area contributed by atoms with Crippen LogP contribution in [-0.4, -0.2) is 24.4 Å². The minimum atomic E-state index is -0.423. The quantitative estimate of drug-likeness (QED) is 0.637. The van der Waals surface area contributed by atoms with Gasteiger partial charge in [-0.25, -0.2) is 0 Å². The van der Waals surface area contributed by atoms with Crippen LogP contribution in [0.15, 0.2) is 29.8 Å². The van der Waals surface area contributed by atoms with Crippen LogP contribution in [0.2, 0.25) is 0 Å². The van der Waals surface area contributed by atoms with Gasteiger partial charge in [-0.15, -0.1) is 0 Å². The van der Waals surface area contributed by atoms with E-state index in [0.29, 0.717) is 18.0 Å². The monoisotopic (exact) mass is 365 g/mol. The highest BCUT2D eigenvalue weighted by atomic mass is 16.2. The van der Waals surface area contributed by atoms with Gasteiger partial charge < -0.3 is 10.2 Å². The van der Waals surface area contributed by atoms with Gasteiger partial charge in [-0.1, -0.05) is 51.3 Å². The van der Waals surface area contributed by atoms with Crippen molar-refractivity contribution in [2.45, 2.75) is 58.4 Å². The molecule has 1 aromatic rings. The van der Waals surface area contributed by atoms with Gasteiger partial charge in [0, 0.05) is 18.2 Å². The Bertz CT molecular complexity index is 798. The smallest absolute Gasteiger partial charge is 0.263 e. The highest BCUT2D eigenvalue weighted by Crippen LogP contribution is 2.38. The Hall–Kier alpha value is -2.61. The molecule has 0 aromatic heterocycles. The first-order valence-corrected chi connectivity index (χ1v) is 9.89. The third kappa shape index (κ3) is 4.05. The van der Waals surface area contributed by atoms with Crippen LogP contribution in [0.5, 0.6) is 0 Å². The SMILES string of the molecule is CC(C)CCN1C(=O)C(=C(C#N)C(=O)NC2CCCCC2)c2ccccc21. The first kappa shape index (κ1) is 19.2. The molecule has 0 bridgehead atoms. The second-order valence-electron chi connectivity index (χ2n) is 7.83. The molecule has 0 radical (unpaired) electrons. The van der Waals surface area contributed by atoms with E-state index in [2.05, 4.69) is 19.2 Å². The van der Waals surface area contributed by atoms with Crippen LogP contribution in [-0.2, 0) is 9.59 Å². The summed E-state index contributed by atoms with van der Waals surface area (Å²) >= 11 is 0. The number of rotatable bonds is 5. The molecule has 0 spiro atoms. The largest absolute Gasteiger partial charge is 0.349 e. The Balaban J connectivity index is 1.93. The van der Waals surface area contributed by atoms with Crippen LogP contribution in [0.25, 0.3) is 5.57 Å². The van der Waals surface area contributed by atoms with E-state index in [4.69, 9.17) is 0 Å². The van der Waals surface area contributed by atoms with E-state index in [-0.39, 0.29) is 23.1 Å². The third-order valence-corrected chi connectivity index (χ3v) is 5.38. The number of hydrogen-bond donors (Lipinski definition) is 1. The summed E-state index contributed by atoms with van der Waals surface area (Å²) in [5.74, 6) is -0.205. The Morgan fingerprint density at radius 2 is 1.96 bits per heavy atom. The van der Waals surface area contributed by atoms with Crippen molar-refractivity contribution >= 4 is 23.1 Å². The number of anilines is 1. The second kappa shape index (κ2) is 8.39. The van der Waals surface area contributed by atoms with Crippen LogP contribution >= 0.6 is 0 Å². The van der Waals surface area contributed by atoms with Crippen molar-refractivity contribution in [2.24, 2.45) is 5.92 Å². The van der Waals surface area contributed by atoms with E-state index in [1.807, 2.05) is 30.3 Å². The number of benzene rings is 1. The molecule has 142 valence electrons. The number of fused-ring (bicyclic) bond motifs is 1. The predicted molar refractivity (Wildman–Crippen MR) is 106 cm³/mol. The fourth-order valence-electron chi connectivity index (χ4n) is 3.86. The zero-order valence-corrected chi connectivity index (χ0v) is 16.1. The molecule has 1 fully saturated rings. The van der Waals surface area contributed by atoms with Crippen LogP contribution in [0, 0.1) is 17.2 Å². The van der Waals surface area contributed by atoms with E-state index >= 15 is 0 Å². The Kier molecular flexibility index (Phi) is 5.95. The molecule has 27 heavy (non-hydrogen) atoms. The summed E-state index contributed by atoms with van der Waals surface area (Å²) < 4.78 is 0. The van der Waals surface area contributed by atoms with Crippen LogP contribution in [0.1, 0.15) is 57.9 Å². The number of amides is 2. The average molecular weight is 365 g/mol. The lowest BCUT2D eigenvalue weighted by Gasteiger charge is -2.22. The molecule has 1 aromatic carbocycles. The highest BCUT2D eigenvalue weighted by Gasteiger charge is 2.36. The van der Waals surface area contributed by atoms with Crippen molar-refractivity contribution in [3.63, 3.8) is 0 Å². The van der Waals surface area contributed by atoms with Gasteiger partial charge in [0.2, 0.25) is 0 Å². The Morgan fingerprint density at radius 3 is 2.63 bits per heavy atom. The van der Waals surface area contributed by atoms with Gasteiger partial charge in [0.05, 0.1) is 11.3 Å². The molecular weight excluding hydrogens is 338 g/mol. The average Bonchev–Trinajstić information content (AvgIpc) is 2.93. The minimum absolute atomic E-state index is 0.0647. The van der Waals surface area contributed by atoms with Gasteiger partial charge in [0.1, 0.15) is 11.6 Å².